The molecule has 3 heteroatoms. The number of carbonyl (C=O) groups is 1. The van der Waals surface area contributed by atoms with E-state index in [9.17, 15) is 4.79 Å². The SMILES string of the molecule is CC(=O)c1c(C)c(NC(C)(C)C)cn1C. The fourth-order valence-electron chi connectivity index (χ4n) is 1.79. The predicted octanol–water partition coefficient (Wildman–Crippen LogP) is 2.75. The van der Waals surface area contributed by atoms with Gasteiger partial charge in [-0.1, -0.05) is 0 Å². The highest BCUT2D eigenvalue weighted by Gasteiger charge is 2.17. The van der Waals surface area contributed by atoms with Crippen molar-refractivity contribution in [3.8, 4) is 0 Å². The van der Waals surface area contributed by atoms with Crippen LogP contribution < -0.4 is 5.32 Å². The van der Waals surface area contributed by atoms with Crippen LogP contribution in [0, 0.1) is 6.92 Å². The summed E-state index contributed by atoms with van der Waals surface area (Å²) >= 11 is 0. The Balaban J connectivity index is 3.13. The van der Waals surface area contributed by atoms with E-state index in [0.717, 1.165) is 16.9 Å². The number of aryl methyl sites for hydroxylation is 1. The lowest BCUT2D eigenvalue weighted by atomic mass is 10.1. The number of rotatable bonds is 2. The Labute approximate surface area is 91.5 Å². The molecule has 0 aliphatic carbocycles. The van der Waals surface area contributed by atoms with Crippen LogP contribution in [0.4, 0.5) is 5.69 Å². The first kappa shape index (κ1) is 11.8. The van der Waals surface area contributed by atoms with Gasteiger partial charge in [0.2, 0.25) is 0 Å². The summed E-state index contributed by atoms with van der Waals surface area (Å²) < 4.78 is 1.88. The van der Waals surface area contributed by atoms with Crippen molar-refractivity contribution in [3.63, 3.8) is 0 Å². The third-order valence-corrected chi connectivity index (χ3v) is 2.28. The number of nitrogens with one attached hydrogen (secondary N) is 1. The van der Waals surface area contributed by atoms with Crippen LogP contribution in [0.15, 0.2) is 6.20 Å². The Hall–Kier alpha value is -1.25. The lowest BCUT2D eigenvalue weighted by molar-refractivity contribution is 0.100. The van der Waals surface area contributed by atoms with Gasteiger partial charge in [0, 0.05) is 31.3 Å². The molecule has 84 valence electrons. The number of Topliss-reactive ketones (excluding diaryl/α,β-unsaturated/α-hetero) is 1. The number of hydrogen-bond donors (Lipinski definition) is 1. The van der Waals surface area contributed by atoms with E-state index in [1.165, 1.54) is 0 Å². The highest BCUT2D eigenvalue weighted by Crippen LogP contribution is 2.24. The van der Waals surface area contributed by atoms with E-state index in [2.05, 4.69) is 26.1 Å². The first-order valence-corrected chi connectivity index (χ1v) is 5.17. The molecule has 0 radical (unpaired) electrons. The molecule has 0 spiro atoms. The smallest absolute Gasteiger partial charge is 0.176 e. The second kappa shape index (κ2) is 3.72. The molecule has 1 heterocycles. The molecule has 0 aromatic carbocycles. The van der Waals surface area contributed by atoms with E-state index in [0.29, 0.717) is 0 Å². The van der Waals surface area contributed by atoms with Gasteiger partial charge in [0.15, 0.2) is 5.78 Å². The van der Waals surface area contributed by atoms with Crippen molar-refractivity contribution in [3.05, 3.63) is 17.5 Å². The molecular weight excluding hydrogens is 188 g/mol. The summed E-state index contributed by atoms with van der Waals surface area (Å²) in [4.78, 5) is 11.4. The van der Waals surface area contributed by atoms with Gasteiger partial charge in [-0.2, -0.15) is 0 Å². The minimum Gasteiger partial charge on any atom is -0.379 e. The molecule has 3 nitrogen and oxygen atoms in total. The third kappa shape index (κ3) is 2.61. The van der Waals surface area contributed by atoms with Crippen LogP contribution in [-0.4, -0.2) is 15.9 Å². The first-order chi connectivity index (χ1) is 6.72. The summed E-state index contributed by atoms with van der Waals surface area (Å²) in [6.45, 7) is 9.89. The van der Waals surface area contributed by atoms with E-state index in [1.54, 1.807) is 6.92 Å². The monoisotopic (exact) mass is 208 g/mol. The molecule has 0 aliphatic heterocycles. The fraction of sp³-hybridized carbons (Fsp3) is 0.583. The molecule has 0 saturated carbocycles. The van der Waals surface area contributed by atoms with Gasteiger partial charge in [-0.25, -0.2) is 0 Å². The minimum atomic E-state index is 0.0141. The molecule has 15 heavy (non-hydrogen) atoms. The maximum atomic E-state index is 11.4. The fourth-order valence-corrected chi connectivity index (χ4v) is 1.79. The Kier molecular flexibility index (Phi) is 2.93. The zero-order valence-electron chi connectivity index (χ0n) is 10.4. The van der Waals surface area contributed by atoms with Crippen molar-refractivity contribution < 1.29 is 4.79 Å². The molecule has 0 fully saturated rings. The normalized spacial score (nSPS) is 11.6. The Bertz CT molecular complexity index is 383. The number of carbonyl (C=O) groups excluding carboxylic acids is 1. The van der Waals surface area contributed by atoms with Gasteiger partial charge in [0.25, 0.3) is 0 Å². The van der Waals surface area contributed by atoms with Crippen LogP contribution in [0.2, 0.25) is 0 Å². The van der Waals surface area contributed by atoms with Gasteiger partial charge in [-0.05, 0) is 27.7 Å². The standard InChI is InChI=1S/C12H20N2O/c1-8-10(13-12(3,4)5)7-14(6)11(8)9(2)15/h7,13H,1-6H3. The number of nitrogens with zero attached hydrogens (tertiary/aromatic N) is 1. The summed E-state index contributed by atoms with van der Waals surface area (Å²) in [5.74, 6) is 0.108. The van der Waals surface area contributed by atoms with E-state index in [4.69, 9.17) is 0 Å². The average Bonchev–Trinajstić information content (AvgIpc) is 2.23. The predicted molar refractivity (Wildman–Crippen MR) is 63.5 cm³/mol. The van der Waals surface area contributed by atoms with E-state index >= 15 is 0 Å². The van der Waals surface area contributed by atoms with Crippen molar-refractivity contribution in [1.82, 2.24) is 4.57 Å². The zero-order chi connectivity index (χ0) is 11.8. The van der Waals surface area contributed by atoms with E-state index in [-0.39, 0.29) is 11.3 Å². The van der Waals surface area contributed by atoms with Gasteiger partial charge < -0.3 is 9.88 Å². The minimum absolute atomic E-state index is 0.0141. The summed E-state index contributed by atoms with van der Waals surface area (Å²) in [6, 6.07) is 0. The number of ketones is 1. The highest BCUT2D eigenvalue weighted by molar-refractivity contribution is 5.95. The second-order valence-electron chi connectivity index (χ2n) is 5.06. The maximum absolute atomic E-state index is 11.4. The third-order valence-electron chi connectivity index (χ3n) is 2.28. The van der Waals surface area contributed by atoms with Crippen LogP contribution in [0.5, 0.6) is 0 Å². The van der Waals surface area contributed by atoms with Crippen molar-refractivity contribution in [2.75, 3.05) is 5.32 Å². The van der Waals surface area contributed by atoms with E-state index in [1.807, 2.05) is 24.7 Å². The largest absolute Gasteiger partial charge is 0.379 e. The van der Waals surface area contributed by atoms with Crippen LogP contribution >= 0.6 is 0 Å². The molecular formula is C12H20N2O. The highest BCUT2D eigenvalue weighted by atomic mass is 16.1. The topological polar surface area (TPSA) is 34.0 Å². The zero-order valence-corrected chi connectivity index (χ0v) is 10.4. The first-order valence-electron chi connectivity index (χ1n) is 5.17. The summed E-state index contributed by atoms with van der Waals surface area (Å²) in [5.41, 5.74) is 2.86. The Morgan fingerprint density at radius 2 is 1.93 bits per heavy atom. The maximum Gasteiger partial charge on any atom is 0.176 e. The van der Waals surface area contributed by atoms with Crippen molar-refractivity contribution >= 4 is 11.5 Å². The molecule has 0 aliphatic rings. The van der Waals surface area contributed by atoms with Gasteiger partial charge >= 0.3 is 0 Å². The van der Waals surface area contributed by atoms with Crippen LogP contribution in [0.25, 0.3) is 0 Å². The molecule has 1 rings (SSSR count). The molecule has 1 N–H and O–H groups in total. The summed E-state index contributed by atoms with van der Waals surface area (Å²) in [6.07, 6.45) is 1.97. The number of anilines is 1. The lowest BCUT2D eigenvalue weighted by Crippen LogP contribution is -2.26. The molecule has 0 bridgehead atoms. The van der Waals surface area contributed by atoms with Gasteiger partial charge in [0.1, 0.15) is 0 Å². The number of hydrogen-bond acceptors (Lipinski definition) is 2. The number of aromatic nitrogens is 1. The van der Waals surface area contributed by atoms with Crippen molar-refractivity contribution in [2.45, 2.75) is 40.2 Å². The van der Waals surface area contributed by atoms with Gasteiger partial charge in [-0.3, -0.25) is 4.79 Å². The summed E-state index contributed by atoms with van der Waals surface area (Å²) in [5, 5.41) is 3.39. The quantitative estimate of drug-likeness (QED) is 0.758. The van der Waals surface area contributed by atoms with Crippen LogP contribution in [0.1, 0.15) is 43.7 Å². The molecule has 0 atom stereocenters. The molecule has 0 unspecified atom stereocenters. The van der Waals surface area contributed by atoms with Crippen LogP contribution in [-0.2, 0) is 7.05 Å². The van der Waals surface area contributed by atoms with Crippen molar-refractivity contribution in [1.29, 1.82) is 0 Å². The Morgan fingerprint density at radius 3 is 2.27 bits per heavy atom. The summed E-state index contributed by atoms with van der Waals surface area (Å²) in [7, 11) is 1.90. The van der Waals surface area contributed by atoms with Crippen molar-refractivity contribution in [2.24, 2.45) is 7.05 Å². The molecule has 0 saturated heterocycles. The molecule has 1 aromatic heterocycles. The van der Waals surface area contributed by atoms with Crippen LogP contribution in [0.3, 0.4) is 0 Å². The average molecular weight is 208 g/mol. The van der Waals surface area contributed by atoms with Gasteiger partial charge in [-0.15, -0.1) is 0 Å². The second-order valence-corrected chi connectivity index (χ2v) is 5.06. The Morgan fingerprint density at radius 1 is 1.40 bits per heavy atom. The lowest BCUT2D eigenvalue weighted by Gasteiger charge is -2.21. The molecule has 0 amide bonds. The van der Waals surface area contributed by atoms with Gasteiger partial charge in [0.05, 0.1) is 11.4 Å². The van der Waals surface area contributed by atoms with E-state index < -0.39 is 0 Å². The molecule has 1 aromatic rings.